The molecule has 0 bridgehead atoms. The maximum absolute atomic E-state index is 12.2. The number of hydrogen-bond acceptors (Lipinski definition) is 4. The first kappa shape index (κ1) is 15.5. The molecule has 2 heterocycles. The molecule has 3 rings (SSSR count). The van der Waals surface area contributed by atoms with Crippen molar-refractivity contribution in [3.63, 3.8) is 0 Å². The van der Waals surface area contributed by atoms with E-state index in [9.17, 15) is 9.90 Å². The molecule has 1 aliphatic heterocycles. The lowest BCUT2D eigenvalue weighted by Gasteiger charge is -2.13. The molecule has 1 aromatic heterocycles. The van der Waals surface area contributed by atoms with E-state index < -0.39 is 0 Å². The third-order valence-electron chi connectivity index (χ3n) is 3.79. The van der Waals surface area contributed by atoms with Gasteiger partial charge >= 0.3 is 0 Å². The Morgan fingerprint density at radius 3 is 2.73 bits per heavy atom. The number of amides is 1. The van der Waals surface area contributed by atoms with Crippen molar-refractivity contribution in [2.24, 2.45) is 5.92 Å². The number of benzene rings is 1. The molecule has 1 fully saturated rings. The summed E-state index contributed by atoms with van der Waals surface area (Å²) in [6.45, 7) is 1.82. The number of carbonyl (C=O) groups is 1. The van der Waals surface area contributed by atoms with Gasteiger partial charge in [0.25, 0.3) is 5.91 Å². The number of aliphatic hydroxyl groups is 1. The summed E-state index contributed by atoms with van der Waals surface area (Å²) in [6, 6.07) is 11.3. The minimum Gasteiger partial charge on any atom is -0.391 e. The summed E-state index contributed by atoms with van der Waals surface area (Å²) in [6.07, 6.45) is -0.381. The second-order valence-corrected chi connectivity index (χ2v) is 6.89. The molecular weight excluding hydrogens is 320 g/mol. The van der Waals surface area contributed by atoms with E-state index in [0.717, 1.165) is 17.0 Å². The summed E-state index contributed by atoms with van der Waals surface area (Å²) >= 11 is 7.33. The number of halogens is 1. The Hall–Kier alpha value is -1.40. The summed E-state index contributed by atoms with van der Waals surface area (Å²) in [5.74, 6) is -0.0102. The van der Waals surface area contributed by atoms with Gasteiger partial charge in [-0.15, -0.1) is 11.3 Å². The molecule has 2 aromatic rings. The van der Waals surface area contributed by atoms with E-state index in [1.54, 1.807) is 0 Å². The molecule has 6 heteroatoms. The Kier molecular flexibility index (Phi) is 4.78. The number of hydrogen-bond donors (Lipinski definition) is 3. The van der Waals surface area contributed by atoms with Gasteiger partial charge in [0.15, 0.2) is 0 Å². The number of aliphatic hydroxyl groups excluding tert-OH is 1. The molecule has 0 spiro atoms. The fourth-order valence-electron chi connectivity index (χ4n) is 2.47. The molecule has 0 saturated carbocycles. The lowest BCUT2D eigenvalue weighted by molar-refractivity contribution is 0.0931. The average Bonchev–Trinajstić information content (AvgIpc) is 3.15. The molecular formula is C16H17ClN2O2S. The van der Waals surface area contributed by atoms with Crippen LogP contribution in [0.15, 0.2) is 36.4 Å². The number of thiophene rings is 1. The molecule has 0 aliphatic carbocycles. The van der Waals surface area contributed by atoms with E-state index >= 15 is 0 Å². The van der Waals surface area contributed by atoms with Gasteiger partial charge < -0.3 is 15.7 Å². The number of nitrogens with one attached hydrogen (secondary N) is 2. The van der Waals surface area contributed by atoms with Crippen molar-refractivity contribution in [1.82, 2.24) is 10.6 Å². The normalized spacial score (nSPS) is 21.0. The van der Waals surface area contributed by atoms with Gasteiger partial charge in [0.2, 0.25) is 0 Å². The van der Waals surface area contributed by atoms with E-state index in [2.05, 4.69) is 10.6 Å². The summed E-state index contributed by atoms with van der Waals surface area (Å²) < 4.78 is 0. The average molecular weight is 337 g/mol. The van der Waals surface area contributed by atoms with Crippen LogP contribution in [-0.2, 0) is 0 Å². The Bertz CT molecular complexity index is 656. The van der Waals surface area contributed by atoms with E-state index in [0.29, 0.717) is 23.0 Å². The second kappa shape index (κ2) is 6.79. The van der Waals surface area contributed by atoms with Gasteiger partial charge in [0.1, 0.15) is 0 Å². The largest absolute Gasteiger partial charge is 0.391 e. The standard InChI is InChI=1S/C16H17ClN2O2S/c17-12-3-1-10(2-4-12)14-5-6-15(22-14)16(21)19-8-11-7-18-9-13(11)20/h1-6,11,13,18,20H,7-9H2,(H,19,21). The number of carbonyl (C=O) groups excluding carboxylic acids is 1. The fraction of sp³-hybridized carbons (Fsp3) is 0.312. The highest BCUT2D eigenvalue weighted by atomic mass is 35.5. The molecule has 1 saturated heterocycles. The molecule has 0 radical (unpaired) electrons. The van der Waals surface area contributed by atoms with Crippen LogP contribution < -0.4 is 10.6 Å². The van der Waals surface area contributed by atoms with Crippen molar-refractivity contribution in [1.29, 1.82) is 0 Å². The van der Waals surface area contributed by atoms with Gasteiger partial charge in [-0.25, -0.2) is 0 Å². The zero-order chi connectivity index (χ0) is 15.5. The lowest BCUT2D eigenvalue weighted by atomic mass is 10.1. The van der Waals surface area contributed by atoms with Crippen LogP contribution in [0.1, 0.15) is 9.67 Å². The first-order valence-electron chi connectivity index (χ1n) is 7.16. The van der Waals surface area contributed by atoms with Crippen molar-refractivity contribution >= 4 is 28.8 Å². The van der Waals surface area contributed by atoms with Crippen molar-refractivity contribution in [3.05, 3.63) is 46.3 Å². The minimum absolute atomic E-state index is 0.0830. The zero-order valence-corrected chi connectivity index (χ0v) is 13.5. The van der Waals surface area contributed by atoms with Crippen molar-refractivity contribution in [2.45, 2.75) is 6.10 Å². The summed E-state index contributed by atoms with van der Waals surface area (Å²) in [5, 5.41) is 16.4. The monoisotopic (exact) mass is 336 g/mol. The van der Waals surface area contributed by atoms with Crippen LogP contribution in [0.2, 0.25) is 5.02 Å². The minimum atomic E-state index is -0.381. The molecule has 22 heavy (non-hydrogen) atoms. The van der Waals surface area contributed by atoms with E-state index in [-0.39, 0.29) is 17.9 Å². The molecule has 1 aromatic carbocycles. The van der Waals surface area contributed by atoms with Gasteiger partial charge in [-0.2, -0.15) is 0 Å². The lowest BCUT2D eigenvalue weighted by Crippen LogP contribution is -2.33. The summed E-state index contributed by atoms with van der Waals surface area (Å²) in [7, 11) is 0. The summed E-state index contributed by atoms with van der Waals surface area (Å²) in [4.78, 5) is 13.9. The van der Waals surface area contributed by atoms with Crippen molar-refractivity contribution in [3.8, 4) is 10.4 Å². The van der Waals surface area contributed by atoms with Crippen LogP contribution in [0.25, 0.3) is 10.4 Å². The Labute approximate surface area is 138 Å². The Balaban J connectivity index is 1.63. The molecule has 1 amide bonds. The highest BCUT2D eigenvalue weighted by Gasteiger charge is 2.25. The predicted molar refractivity (Wildman–Crippen MR) is 89.5 cm³/mol. The van der Waals surface area contributed by atoms with Gasteiger partial charge in [0.05, 0.1) is 11.0 Å². The second-order valence-electron chi connectivity index (χ2n) is 5.37. The quantitative estimate of drug-likeness (QED) is 0.803. The maximum Gasteiger partial charge on any atom is 0.261 e. The Morgan fingerprint density at radius 2 is 2.05 bits per heavy atom. The Morgan fingerprint density at radius 1 is 1.27 bits per heavy atom. The molecule has 2 unspecified atom stereocenters. The first-order valence-corrected chi connectivity index (χ1v) is 8.35. The van der Waals surface area contributed by atoms with Crippen molar-refractivity contribution < 1.29 is 9.90 Å². The van der Waals surface area contributed by atoms with Gasteiger partial charge in [0, 0.05) is 35.5 Å². The third kappa shape index (κ3) is 3.50. The van der Waals surface area contributed by atoms with Crippen LogP contribution in [0, 0.1) is 5.92 Å². The number of β-amino-alcohol motifs (C(OH)–C–C–N with tert-alkyl or cyclic N) is 1. The summed E-state index contributed by atoms with van der Waals surface area (Å²) in [5.41, 5.74) is 1.05. The molecule has 4 nitrogen and oxygen atoms in total. The highest BCUT2D eigenvalue weighted by Crippen LogP contribution is 2.29. The highest BCUT2D eigenvalue weighted by molar-refractivity contribution is 7.17. The zero-order valence-electron chi connectivity index (χ0n) is 11.9. The van der Waals surface area contributed by atoms with E-state index in [4.69, 9.17) is 11.6 Å². The fourth-order valence-corrected chi connectivity index (χ4v) is 3.52. The topological polar surface area (TPSA) is 61.4 Å². The molecule has 1 aliphatic rings. The van der Waals surface area contributed by atoms with Crippen LogP contribution in [0.5, 0.6) is 0 Å². The smallest absolute Gasteiger partial charge is 0.261 e. The molecule has 3 N–H and O–H groups in total. The van der Waals surface area contributed by atoms with Gasteiger partial charge in [-0.1, -0.05) is 23.7 Å². The SMILES string of the molecule is O=C(NCC1CNCC1O)c1ccc(-c2ccc(Cl)cc2)s1. The van der Waals surface area contributed by atoms with E-state index in [1.165, 1.54) is 11.3 Å². The maximum atomic E-state index is 12.2. The van der Waals surface area contributed by atoms with Crippen molar-refractivity contribution in [2.75, 3.05) is 19.6 Å². The van der Waals surface area contributed by atoms with Gasteiger partial charge in [-0.05, 0) is 29.8 Å². The molecule has 2 atom stereocenters. The van der Waals surface area contributed by atoms with E-state index in [1.807, 2.05) is 36.4 Å². The van der Waals surface area contributed by atoms with Crippen LogP contribution in [0.3, 0.4) is 0 Å². The number of rotatable bonds is 4. The molecule has 116 valence electrons. The first-order chi connectivity index (χ1) is 10.6. The van der Waals surface area contributed by atoms with Crippen LogP contribution in [0.4, 0.5) is 0 Å². The van der Waals surface area contributed by atoms with Crippen LogP contribution in [-0.4, -0.2) is 36.8 Å². The van der Waals surface area contributed by atoms with Gasteiger partial charge in [-0.3, -0.25) is 4.79 Å². The third-order valence-corrected chi connectivity index (χ3v) is 5.17. The van der Waals surface area contributed by atoms with Crippen LogP contribution >= 0.6 is 22.9 Å². The predicted octanol–water partition coefficient (Wildman–Crippen LogP) is 2.38.